The molecule has 1 heterocycles. The van der Waals surface area contributed by atoms with Crippen LogP contribution < -0.4 is 4.72 Å². The molecule has 2 rings (SSSR count). The van der Waals surface area contributed by atoms with Crippen LogP contribution >= 0.6 is 15.9 Å². The average molecular weight is 368 g/mol. The smallest absolute Gasteiger partial charge is 0.243 e. The fourth-order valence-electron chi connectivity index (χ4n) is 1.99. The van der Waals surface area contributed by atoms with Crippen LogP contribution in [0.5, 0.6) is 0 Å². The minimum Gasteiger partial charge on any atom is -0.386 e. The maximum atomic E-state index is 13.7. The van der Waals surface area contributed by atoms with Gasteiger partial charge in [0.1, 0.15) is 16.3 Å². The number of hydrogen-bond acceptors (Lipinski definition) is 4. The molecule has 8 heteroatoms. The number of benzene rings is 1. The third kappa shape index (κ3) is 3.20. The molecule has 20 heavy (non-hydrogen) atoms. The van der Waals surface area contributed by atoms with Crippen molar-refractivity contribution in [1.29, 1.82) is 0 Å². The molecule has 5 nitrogen and oxygen atoms in total. The lowest BCUT2D eigenvalue weighted by molar-refractivity contribution is -0.0228. The van der Waals surface area contributed by atoms with Gasteiger partial charge in [-0.15, -0.1) is 0 Å². The predicted octanol–water partition coefficient (Wildman–Crippen LogP) is 1.41. The largest absolute Gasteiger partial charge is 0.386 e. The topological polar surface area (TPSA) is 75.6 Å². The molecule has 0 radical (unpaired) electrons. The fourth-order valence-corrected chi connectivity index (χ4v) is 3.49. The number of rotatable bonds is 4. The van der Waals surface area contributed by atoms with Crippen LogP contribution in [0.2, 0.25) is 0 Å². The van der Waals surface area contributed by atoms with Crippen molar-refractivity contribution in [3.63, 3.8) is 0 Å². The quantitative estimate of drug-likeness (QED) is 0.843. The maximum Gasteiger partial charge on any atom is 0.243 e. The molecule has 1 aromatic carbocycles. The van der Waals surface area contributed by atoms with Gasteiger partial charge in [-0.25, -0.2) is 17.5 Å². The summed E-state index contributed by atoms with van der Waals surface area (Å²) in [6, 6.07) is 3.68. The molecule has 2 unspecified atom stereocenters. The van der Waals surface area contributed by atoms with Gasteiger partial charge in [-0.05, 0) is 25.1 Å². The number of nitrogens with one attached hydrogen (secondary N) is 1. The molecule has 0 aromatic heterocycles. The van der Waals surface area contributed by atoms with Gasteiger partial charge in [0, 0.05) is 24.0 Å². The van der Waals surface area contributed by atoms with Crippen molar-refractivity contribution in [2.24, 2.45) is 0 Å². The van der Waals surface area contributed by atoms with Crippen LogP contribution in [0, 0.1) is 5.82 Å². The first-order valence-electron chi connectivity index (χ1n) is 6.03. The zero-order chi connectivity index (χ0) is 15.0. The lowest BCUT2D eigenvalue weighted by atomic mass is 9.97. The van der Waals surface area contributed by atoms with Gasteiger partial charge in [0.05, 0.1) is 6.10 Å². The second kappa shape index (κ2) is 5.69. The highest BCUT2D eigenvalue weighted by Gasteiger charge is 2.40. The Kier molecular flexibility index (Phi) is 4.50. The number of sulfonamides is 1. The van der Waals surface area contributed by atoms with Gasteiger partial charge in [0.15, 0.2) is 0 Å². The van der Waals surface area contributed by atoms with Crippen LogP contribution in [0.25, 0.3) is 0 Å². The Bertz CT molecular complexity index is 609. The maximum absolute atomic E-state index is 13.7. The van der Waals surface area contributed by atoms with E-state index in [0.717, 1.165) is 6.07 Å². The monoisotopic (exact) mass is 367 g/mol. The van der Waals surface area contributed by atoms with Gasteiger partial charge in [-0.2, -0.15) is 0 Å². The third-order valence-corrected chi connectivity index (χ3v) is 5.34. The van der Waals surface area contributed by atoms with Crippen molar-refractivity contribution in [2.75, 3.05) is 13.2 Å². The highest BCUT2D eigenvalue weighted by molar-refractivity contribution is 9.10. The summed E-state index contributed by atoms with van der Waals surface area (Å²) in [5.41, 5.74) is -1.26. The van der Waals surface area contributed by atoms with Crippen molar-refractivity contribution in [1.82, 2.24) is 4.72 Å². The lowest BCUT2D eigenvalue weighted by Gasteiger charge is -2.26. The Morgan fingerprint density at radius 2 is 2.30 bits per heavy atom. The van der Waals surface area contributed by atoms with Crippen molar-refractivity contribution < 1.29 is 22.7 Å². The van der Waals surface area contributed by atoms with Crippen molar-refractivity contribution in [3.05, 3.63) is 28.5 Å². The van der Waals surface area contributed by atoms with E-state index in [1.165, 1.54) is 12.1 Å². The molecular formula is C12H15BrFNO4S. The molecular weight excluding hydrogens is 353 g/mol. The highest BCUT2D eigenvalue weighted by Crippen LogP contribution is 2.26. The van der Waals surface area contributed by atoms with Crippen LogP contribution in [0.4, 0.5) is 4.39 Å². The number of aliphatic hydroxyl groups is 1. The van der Waals surface area contributed by atoms with E-state index in [1.807, 2.05) is 0 Å². The molecule has 2 N–H and O–H groups in total. The van der Waals surface area contributed by atoms with Crippen LogP contribution in [-0.4, -0.2) is 38.4 Å². The molecule has 0 amide bonds. The van der Waals surface area contributed by atoms with Crippen molar-refractivity contribution in [2.45, 2.75) is 29.9 Å². The van der Waals surface area contributed by atoms with Crippen molar-refractivity contribution >= 4 is 26.0 Å². The number of ether oxygens (including phenoxy) is 1. The Balaban J connectivity index is 2.15. The summed E-state index contributed by atoms with van der Waals surface area (Å²) in [6.45, 7) is 1.82. The minimum absolute atomic E-state index is 0.216. The van der Waals surface area contributed by atoms with Crippen LogP contribution in [0.3, 0.4) is 0 Å². The molecule has 0 bridgehead atoms. The molecule has 112 valence electrons. The number of halogens is 2. The van der Waals surface area contributed by atoms with E-state index in [1.54, 1.807) is 6.92 Å². The third-order valence-electron chi connectivity index (χ3n) is 3.41. The summed E-state index contributed by atoms with van der Waals surface area (Å²) >= 11 is 3.06. The SMILES string of the molecule is CC1OCCC1(O)CNS(=O)(=O)c1ccc(Br)cc1F. The van der Waals surface area contributed by atoms with Gasteiger partial charge in [0.2, 0.25) is 10.0 Å². The van der Waals surface area contributed by atoms with E-state index < -0.39 is 32.4 Å². The van der Waals surface area contributed by atoms with Gasteiger partial charge < -0.3 is 9.84 Å². The standard InChI is InChI=1S/C12H15BrFNO4S/c1-8-12(16,4-5-19-8)7-15-20(17,18)11-3-2-9(13)6-10(11)14/h2-3,6,8,15-16H,4-5,7H2,1H3. The van der Waals surface area contributed by atoms with Crippen LogP contribution in [0.15, 0.2) is 27.6 Å². The zero-order valence-corrected chi connectivity index (χ0v) is 13.2. The van der Waals surface area contributed by atoms with E-state index in [4.69, 9.17) is 4.74 Å². The Hall–Kier alpha value is -0.540. The predicted molar refractivity (Wildman–Crippen MR) is 74.3 cm³/mol. The van der Waals surface area contributed by atoms with E-state index in [-0.39, 0.29) is 6.54 Å². The minimum atomic E-state index is -4.02. The van der Waals surface area contributed by atoms with E-state index >= 15 is 0 Å². The average Bonchev–Trinajstić information content (AvgIpc) is 2.68. The second-order valence-corrected chi connectivity index (χ2v) is 7.42. The van der Waals surface area contributed by atoms with Crippen LogP contribution in [0.1, 0.15) is 13.3 Å². The van der Waals surface area contributed by atoms with Gasteiger partial charge in [-0.1, -0.05) is 15.9 Å². The van der Waals surface area contributed by atoms with Gasteiger partial charge in [0.25, 0.3) is 0 Å². The normalized spacial score (nSPS) is 26.9. The molecule has 0 saturated carbocycles. The lowest BCUT2D eigenvalue weighted by Crippen LogP contribution is -2.47. The van der Waals surface area contributed by atoms with E-state index in [9.17, 15) is 17.9 Å². The van der Waals surface area contributed by atoms with E-state index in [0.29, 0.717) is 17.5 Å². The molecule has 1 aliphatic heterocycles. The highest BCUT2D eigenvalue weighted by atomic mass is 79.9. The molecule has 2 atom stereocenters. The molecule has 1 aliphatic rings. The fraction of sp³-hybridized carbons (Fsp3) is 0.500. The van der Waals surface area contributed by atoms with Gasteiger partial charge in [-0.3, -0.25) is 0 Å². The Morgan fingerprint density at radius 3 is 2.85 bits per heavy atom. The molecule has 0 aliphatic carbocycles. The second-order valence-electron chi connectivity index (χ2n) is 4.77. The molecule has 1 saturated heterocycles. The van der Waals surface area contributed by atoms with Crippen LogP contribution in [-0.2, 0) is 14.8 Å². The molecule has 0 spiro atoms. The summed E-state index contributed by atoms with van der Waals surface area (Å²) in [5.74, 6) is -0.852. The number of hydrogen-bond donors (Lipinski definition) is 2. The van der Waals surface area contributed by atoms with E-state index in [2.05, 4.69) is 20.7 Å². The first kappa shape index (κ1) is 15.8. The Morgan fingerprint density at radius 1 is 1.60 bits per heavy atom. The Labute approximate surface area is 125 Å². The zero-order valence-electron chi connectivity index (χ0n) is 10.8. The first-order valence-corrected chi connectivity index (χ1v) is 8.31. The summed E-state index contributed by atoms with van der Waals surface area (Å²) in [6.07, 6.45) is -0.139. The summed E-state index contributed by atoms with van der Waals surface area (Å²) in [5, 5.41) is 10.2. The molecule has 1 fully saturated rings. The molecule has 1 aromatic rings. The summed E-state index contributed by atoms with van der Waals surface area (Å²) < 4.78 is 45.7. The summed E-state index contributed by atoms with van der Waals surface area (Å²) in [4.78, 5) is -0.448. The van der Waals surface area contributed by atoms with Crippen molar-refractivity contribution in [3.8, 4) is 0 Å². The summed E-state index contributed by atoms with van der Waals surface area (Å²) in [7, 11) is -4.02. The first-order chi connectivity index (χ1) is 9.24. The van der Waals surface area contributed by atoms with Gasteiger partial charge >= 0.3 is 0 Å².